The minimum Gasteiger partial charge on any atom is -0.548 e. The predicted octanol–water partition coefficient (Wildman–Crippen LogP) is -5.27. The molecule has 0 saturated carbocycles. The molecule has 1 N–H and O–H groups in total. The van der Waals surface area contributed by atoms with Crippen LogP contribution < -0.4 is 34.7 Å². The molecule has 2 saturated heterocycles. The van der Waals surface area contributed by atoms with Crippen LogP contribution in [-0.2, 0) is 33.4 Å². The van der Waals surface area contributed by atoms with E-state index in [0.717, 1.165) is 21.6 Å². The first-order valence-electron chi connectivity index (χ1n) is 9.45. The number of aliphatic carboxylic acids is 1. The van der Waals surface area contributed by atoms with Crippen LogP contribution in [0.15, 0.2) is 0 Å². The number of hydrogen-bond donors (Lipinski definition) is 1. The van der Waals surface area contributed by atoms with Crippen molar-refractivity contribution in [3.63, 3.8) is 0 Å². The number of aliphatic hydroxyl groups is 1. The van der Waals surface area contributed by atoms with Gasteiger partial charge in [0, 0.05) is 4.75 Å². The van der Waals surface area contributed by atoms with Crippen molar-refractivity contribution in [3.8, 4) is 0 Å². The Morgan fingerprint density at radius 2 is 1.65 bits per heavy atom. The minimum atomic E-state index is -1.87. The summed E-state index contributed by atoms with van der Waals surface area (Å²) in [6, 6.07) is -1.20. The van der Waals surface area contributed by atoms with Gasteiger partial charge >= 0.3 is 41.5 Å². The number of amides is 2. The number of fused-ring (bicyclic) bond motifs is 1. The third-order valence-corrected chi connectivity index (χ3v) is 6.45. The molecule has 0 unspecified atom stereocenters. The fraction of sp³-hybridized carbons (Fsp3) is 0.722. The number of carboxylic acids is 1. The molecule has 0 aromatic heterocycles. The molecule has 0 spiro atoms. The van der Waals surface area contributed by atoms with Crippen molar-refractivity contribution in [1.29, 1.82) is 0 Å². The number of carbonyl (C=O) groups excluding carboxylic acids is 5. The topological polar surface area (TPSA) is 154 Å². The summed E-state index contributed by atoms with van der Waals surface area (Å²) in [5.41, 5.74) is 0. The maximum absolute atomic E-state index is 12.8. The molecule has 2 aliphatic rings. The van der Waals surface area contributed by atoms with Gasteiger partial charge in [0.1, 0.15) is 25.1 Å². The molecule has 2 amide bonds. The third-order valence-electron chi connectivity index (χ3n) is 4.86. The van der Waals surface area contributed by atoms with Crippen LogP contribution in [0.5, 0.6) is 0 Å². The number of hydrogen-bond acceptors (Lipinski definition) is 10. The molecule has 0 aliphatic carbocycles. The molecule has 11 nitrogen and oxygen atoms in total. The van der Waals surface area contributed by atoms with Crippen LogP contribution in [0.1, 0.15) is 27.7 Å². The van der Waals surface area contributed by atoms with Crippen molar-refractivity contribution in [2.24, 2.45) is 5.92 Å². The van der Waals surface area contributed by atoms with Gasteiger partial charge in [-0.15, -0.1) is 11.8 Å². The number of carbonyl (C=O) groups is 5. The Bertz CT molecular complexity index is 728. The SMILES string of the molecule is CCOC(=O)CN(CC(=O)OCC)C(=O)[C@@H](O)[C@@H]1C(=O)N2[C@@H]1SC(C)(C)[C@@H]2C(=O)[O-].[Na+]. The molecule has 2 rings (SSSR count). The van der Waals surface area contributed by atoms with Crippen molar-refractivity contribution in [2.45, 2.75) is 50.0 Å². The summed E-state index contributed by atoms with van der Waals surface area (Å²) < 4.78 is 8.69. The fourth-order valence-electron chi connectivity index (χ4n) is 3.59. The Morgan fingerprint density at radius 1 is 1.16 bits per heavy atom. The maximum atomic E-state index is 12.8. The first kappa shape index (κ1) is 27.7. The molecule has 2 fully saturated rings. The van der Waals surface area contributed by atoms with E-state index in [4.69, 9.17) is 9.47 Å². The van der Waals surface area contributed by atoms with E-state index >= 15 is 0 Å². The van der Waals surface area contributed by atoms with Gasteiger partial charge in [0.2, 0.25) is 5.91 Å². The summed E-state index contributed by atoms with van der Waals surface area (Å²) in [6.07, 6.45) is -1.87. The Morgan fingerprint density at radius 3 is 2.06 bits per heavy atom. The number of carboxylic acid groups (broad SMARTS) is 1. The normalized spacial score (nSPS) is 24.2. The number of esters is 2. The minimum absolute atomic E-state index is 0. The van der Waals surface area contributed by atoms with Gasteiger partial charge in [-0.05, 0) is 27.7 Å². The predicted molar refractivity (Wildman–Crippen MR) is 100 cm³/mol. The molecule has 31 heavy (non-hydrogen) atoms. The van der Waals surface area contributed by atoms with E-state index < -0.39 is 71.0 Å². The maximum Gasteiger partial charge on any atom is 1.00 e. The van der Waals surface area contributed by atoms with Crippen LogP contribution in [0.25, 0.3) is 0 Å². The van der Waals surface area contributed by atoms with E-state index in [1.54, 1.807) is 27.7 Å². The first-order valence-corrected chi connectivity index (χ1v) is 10.3. The summed E-state index contributed by atoms with van der Waals surface area (Å²) in [7, 11) is 0. The van der Waals surface area contributed by atoms with Crippen molar-refractivity contribution in [1.82, 2.24) is 9.80 Å². The zero-order valence-corrected chi connectivity index (χ0v) is 21.0. The Kier molecular flexibility index (Phi) is 9.82. The molecule has 2 heterocycles. The molecular formula is C18H25N2NaO9S. The van der Waals surface area contributed by atoms with Crippen LogP contribution in [-0.4, -0.2) is 93.2 Å². The number of nitrogens with zero attached hydrogens (tertiary/aromatic N) is 2. The summed E-state index contributed by atoms with van der Waals surface area (Å²) in [6.45, 7) is 5.27. The molecule has 4 atom stereocenters. The Balaban J connectivity index is 0.00000480. The smallest absolute Gasteiger partial charge is 0.548 e. The molecule has 2 aliphatic heterocycles. The van der Waals surface area contributed by atoms with E-state index in [0.29, 0.717) is 0 Å². The van der Waals surface area contributed by atoms with E-state index in [-0.39, 0.29) is 42.8 Å². The van der Waals surface area contributed by atoms with Gasteiger partial charge in [-0.2, -0.15) is 0 Å². The van der Waals surface area contributed by atoms with Gasteiger partial charge in [-0.1, -0.05) is 0 Å². The largest absolute Gasteiger partial charge is 1.00 e. The van der Waals surface area contributed by atoms with Crippen molar-refractivity contribution in [3.05, 3.63) is 0 Å². The number of aliphatic hydroxyl groups excluding tert-OH is 1. The van der Waals surface area contributed by atoms with Crippen LogP contribution in [0, 0.1) is 5.92 Å². The molecule has 0 bridgehead atoms. The Labute approximate surface area is 206 Å². The molecule has 0 aromatic rings. The number of rotatable bonds is 9. The summed E-state index contributed by atoms with van der Waals surface area (Å²) in [5, 5.41) is 21.3. The second-order valence-corrected chi connectivity index (χ2v) is 9.12. The number of β-lactam (4-membered cyclic amide) rings is 1. The average molecular weight is 468 g/mol. The van der Waals surface area contributed by atoms with Crippen LogP contribution in [0.3, 0.4) is 0 Å². The summed E-state index contributed by atoms with van der Waals surface area (Å²) >= 11 is 1.14. The van der Waals surface area contributed by atoms with Gasteiger partial charge in [0.05, 0.1) is 30.6 Å². The zero-order chi connectivity index (χ0) is 22.8. The standard InChI is InChI=1S/C18H26N2O9S.Na/c1-5-28-9(21)7-19(8-10(22)29-6-2)15(25)12(23)11-14(24)20-13(17(26)27)18(3,4)30-16(11)20;/h11-13,16,23H,5-8H2,1-4H3,(H,26,27);/q;+1/p-1/t11-,12+,13+,16-;/m1./s1. The summed E-state index contributed by atoms with van der Waals surface area (Å²) in [4.78, 5) is 62.4. The monoisotopic (exact) mass is 468 g/mol. The third kappa shape index (κ3) is 5.72. The van der Waals surface area contributed by atoms with Gasteiger partial charge < -0.3 is 34.3 Å². The van der Waals surface area contributed by atoms with Crippen molar-refractivity contribution in [2.75, 3.05) is 26.3 Å². The van der Waals surface area contributed by atoms with Crippen LogP contribution >= 0.6 is 11.8 Å². The Hall–Kier alpha value is -1.34. The fourth-order valence-corrected chi connectivity index (χ4v) is 5.30. The van der Waals surface area contributed by atoms with Gasteiger partial charge in [-0.25, -0.2) is 0 Å². The van der Waals surface area contributed by atoms with E-state index in [2.05, 4.69) is 0 Å². The quantitative estimate of drug-likeness (QED) is 0.197. The molecule has 168 valence electrons. The molecule has 13 heteroatoms. The van der Waals surface area contributed by atoms with E-state index in [1.165, 1.54) is 0 Å². The van der Waals surface area contributed by atoms with Crippen molar-refractivity contribution >= 4 is 41.5 Å². The van der Waals surface area contributed by atoms with Crippen LogP contribution in [0.2, 0.25) is 0 Å². The second-order valence-electron chi connectivity index (χ2n) is 7.35. The number of thioether (sulfide) groups is 1. The van der Waals surface area contributed by atoms with E-state index in [9.17, 15) is 34.2 Å². The summed E-state index contributed by atoms with van der Waals surface area (Å²) in [5.74, 6) is -5.95. The van der Waals surface area contributed by atoms with E-state index in [1.807, 2.05) is 0 Å². The molecule has 0 aromatic carbocycles. The molecule has 0 radical (unpaired) electrons. The number of ether oxygens (including phenoxy) is 2. The van der Waals surface area contributed by atoms with Gasteiger partial charge in [0.25, 0.3) is 5.91 Å². The van der Waals surface area contributed by atoms with Crippen molar-refractivity contribution < 1.29 is 73.2 Å². The van der Waals surface area contributed by atoms with Gasteiger partial charge in [0.15, 0.2) is 0 Å². The average Bonchev–Trinajstić information content (AvgIpc) is 2.88. The zero-order valence-electron chi connectivity index (χ0n) is 18.2. The van der Waals surface area contributed by atoms with Gasteiger partial charge in [-0.3, -0.25) is 19.2 Å². The molecular weight excluding hydrogens is 443 g/mol. The first-order chi connectivity index (χ1) is 14.0. The second kappa shape index (κ2) is 11.0. The van der Waals surface area contributed by atoms with Crippen LogP contribution in [0.4, 0.5) is 0 Å².